The second kappa shape index (κ2) is 7.43. The van der Waals surface area contributed by atoms with Crippen molar-refractivity contribution in [1.29, 1.82) is 0 Å². The highest BCUT2D eigenvalue weighted by molar-refractivity contribution is 9.15. The van der Waals surface area contributed by atoms with Crippen molar-refractivity contribution in [3.63, 3.8) is 0 Å². The van der Waals surface area contributed by atoms with Gasteiger partial charge in [0.25, 0.3) is 0 Å². The molecule has 0 atom stereocenters. The molecule has 1 aliphatic rings. The zero-order valence-electron chi connectivity index (χ0n) is 12.4. The summed E-state index contributed by atoms with van der Waals surface area (Å²) in [7, 11) is 0. The van der Waals surface area contributed by atoms with E-state index in [2.05, 4.69) is 92.5 Å². The summed E-state index contributed by atoms with van der Waals surface area (Å²) in [4.78, 5) is 0. The zero-order chi connectivity index (χ0) is 15.4. The van der Waals surface area contributed by atoms with Gasteiger partial charge in [0.05, 0.1) is 0 Å². The Morgan fingerprint density at radius 1 is 0.591 bits per heavy atom. The molecule has 1 saturated carbocycles. The Hall–Kier alpha value is -1.12. The molecule has 3 rings (SSSR count). The lowest BCUT2D eigenvalue weighted by molar-refractivity contribution is 0.684. The summed E-state index contributed by atoms with van der Waals surface area (Å²) >= 11 is 7.71. The maximum Gasteiger partial charge on any atom is 0.0282 e. The van der Waals surface area contributed by atoms with Crippen molar-refractivity contribution in [1.82, 2.24) is 0 Å². The molecule has 0 N–H and O–H groups in total. The lowest BCUT2D eigenvalue weighted by atomic mass is 9.87. The summed E-state index contributed by atoms with van der Waals surface area (Å²) < 4.78 is 2.46. The molecule has 112 valence electrons. The summed E-state index contributed by atoms with van der Waals surface area (Å²) in [5.41, 5.74) is 5.39. The van der Waals surface area contributed by atoms with Crippen LogP contribution in [-0.2, 0) is 0 Å². The molecule has 2 heteroatoms. The van der Waals surface area contributed by atoms with E-state index in [9.17, 15) is 0 Å². The molecule has 1 fully saturated rings. The number of rotatable bonds is 2. The van der Waals surface area contributed by atoms with E-state index in [1.54, 1.807) is 0 Å². The average molecular weight is 418 g/mol. The lowest BCUT2D eigenvalue weighted by Crippen LogP contribution is -2.02. The van der Waals surface area contributed by atoms with Crippen molar-refractivity contribution in [2.45, 2.75) is 25.7 Å². The fourth-order valence-electron chi connectivity index (χ4n) is 2.91. The normalized spacial score (nSPS) is 19.7. The molecule has 0 aromatic heterocycles. The highest BCUT2D eigenvalue weighted by Gasteiger charge is 2.19. The van der Waals surface area contributed by atoms with Gasteiger partial charge in [-0.25, -0.2) is 0 Å². The molecule has 2 aromatic rings. The quantitative estimate of drug-likeness (QED) is 0.485. The summed E-state index contributed by atoms with van der Waals surface area (Å²) in [6, 6.07) is 21.2. The minimum absolute atomic E-state index is 1.13. The van der Waals surface area contributed by atoms with Gasteiger partial charge in [0.2, 0.25) is 0 Å². The number of halogens is 2. The Morgan fingerprint density at radius 3 is 1.32 bits per heavy atom. The fourth-order valence-corrected chi connectivity index (χ4v) is 4.31. The molecule has 0 amide bonds. The fraction of sp³-hybridized carbons (Fsp3) is 0.200. The number of hydrogen-bond donors (Lipinski definition) is 0. The number of hydrogen-bond acceptors (Lipinski definition) is 0. The van der Waals surface area contributed by atoms with E-state index in [1.807, 2.05) is 0 Å². The standard InChI is InChI=1S/C20H18Br2/c21-19(15-9-3-1-4-10-15)17-13-7-8-14-18(17)20(22)16-11-5-2-6-12-16/h1-6,9-12H,7-8,13-14H2/b19-17-,20-18-. The van der Waals surface area contributed by atoms with E-state index in [1.165, 1.54) is 44.1 Å². The van der Waals surface area contributed by atoms with Gasteiger partial charge in [0, 0.05) is 8.96 Å². The van der Waals surface area contributed by atoms with Crippen LogP contribution in [0, 0.1) is 0 Å². The molecule has 0 unspecified atom stereocenters. The van der Waals surface area contributed by atoms with Gasteiger partial charge >= 0.3 is 0 Å². The third-order valence-corrected chi connectivity index (χ3v) is 5.93. The van der Waals surface area contributed by atoms with Crippen LogP contribution in [0.1, 0.15) is 36.8 Å². The molecule has 1 aliphatic carbocycles. The highest BCUT2D eigenvalue weighted by atomic mass is 79.9. The van der Waals surface area contributed by atoms with Gasteiger partial charge < -0.3 is 0 Å². The first-order valence-electron chi connectivity index (χ1n) is 7.66. The van der Waals surface area contributed by atoms with Crippen LogP contribution >= 0.6 is 31.9 Å². The van der Waals surface area contributed by atoms with Crippen LogP contribution in [0.3, 0.4) is 0 Å². The van der Waals surface area contributed by atoms with Crippen LogP contribution in [-0.4, -0.2) is 0 Å². The van der Waals surface area contributed by atoms with Crippen LogP contribution in [0.5, 0.6) is 0 Å². The van der Waals surface area contributed by atoms with Crippen molar-refractivity contribution in [2.75, 3.05) is 0 Å². The van der Waals surface area contributed by atoms with Crippen molar-refractivity contribution in [2.24, 2.45) is 0 Å². The third-order valence-electron chi connectivity index (χ3n) is 4.05. The van der Waals surface area contributed by atoms with Crippen LogP contribution in [0.2, 0.25) is 0 Å². The van der Waals surface area contributed by atoms with E-state index < -0.39 is 0 Å². The molecular formula is C20H18Br2. The Balaban J connectivity index is 2.09. The van der Waals surface area contributed by atoms with Gasteiger partial charge in [0.15, 0.2) is 0 Å². The van der Waals surface area contributed by atoms with E-state index in [0.29, 0.717) is 0 Å². The van der Waals surface area contributed by atoms with Gasteiger partial charge in [-0.15, -0.1) is 0 Å². The zero-order valence-corrected chi connectivity index (χ0v) is 15.5. The summed E-state index contributed by atoms with van der Waals surface area (Å²) in [6.45, 7) is 0. The third kappa shape index (κ3) is 3.44. The molecule has 0 heterocycles. The predicted octanol–water partition coefficient (Wildman–Crippen LogP) is 7.17. The van der Waals surface area contributed by atoms with Crippen LogP contribution < -0.4 is 0 Å². The molecule has 0 radical (unpaired) electrons. The number of benzene rings is 2. The Morgan fingerprint density at radius 2 is 0.955 bits per heavy atom. The molecule has 0 nitrogen and oxygen atoms in total. The minimum Gasteiger partial charge on any atom is -0.0622 e. The molecule has 0 spiro atoms. The molecular weight excluding hydrogens is 400 g/mol. The van der Waals surface area contributed by atoms with E-state index >= 15 is 0 Å². The molecule has 0 saturated heterocycles. The molecule has 0 bridgehead atoms. The highest BCUT2D eigenvalue weighted by Crippen LogP contribution is 2.42. The molecule has 0 aliphatic heterocycles. The second-order valence-electron chi connectivity index (χ2n) is 5.52. The maximum atomic E-state index is 3.85. The Bertz CT molecular complexity index is 634. The summed E-state index contributed by atoms with van der Waals surface area (Å²) in [5, 5.41) is 0. The van der Waals surface area contributed by atoms with Gasteiger partial charge in [0.1, 0.15) is 0 Å². The van der Waals surface area contributed by atoms with Crippen LogP contribution in [0.15, 0.2) is 71.8 Å². The van der Waals surface area contributed by atoms with Crippen LogP contribution in [0.4, 0.5) is 0 Å². The van der Waals surface area contributed by atoms with Gasteiger partial charge in [-0.1, -0.05) is 60.7 Å². The van der Waals surface area contributed by atoms with E-state index in [0.717, 1.165) is 12.8 Å². The predicted molar refractivity (Wildman–Crippen MR) is 103 cm³/mol. The number of allylic oxidation sites excluding steroid dienone is 2. The van der Waals surface area contributed by atoms with Crippen molar-refractivity contribution < 1.29 is 0 Å². The SMILES string of the molecule is Br/C(=C1/CCCC/C1=C(/Br)c1ccccc1)c1ccccc1. The van der Waals surface area contributed by atoms with E-state index in [-0.39, 0.29) is 0 Å². The van der Waals surface area contributed by atoms with Gasteiger partial charge in [-0.05, 0) is 79.8 Å². The van der Waals surface area contributed by atoms with Crippen molar-refractivity contribution in [3.8, 4) is 0 Å². The maximum absolute atomic E-state index is 3.85. The topological polar surface area (TPSA) is 0 Å². The van der Waals surface area contributed by atoms with Gasteiger partial charge in [-0.2, -0.15) is 0 Å². The first-order valence-corrected chi connectivity index (χ1v) is 9.24. The first kappa shape index (κ1) is 15.8. The first-order chi connectivity index (χ1) is 10.8. The lowest BCUT2D eigenvalue weighted by Gasteiger charge is -2.22. The molecule has 2 aromatic carbocycles. The van der Waals surface area contributed by atoms with Gasteiger partial charge in [-0.3, -0.25) is 0 Å². The Kier molecular flexibility index (Phi) is 5.32. The Labute approximate surface area is 149 Å². The summed E-state index contributed by atoms with van der Waals surface area (Å²) in [5.74, 6) is 0. The van der Waals surface area contributed by atoms with Crippen molar-refractivity contribution in [3.05, 3.63) is 82.9 Å². The summed E-state index contributed by atoms with van der Waals surface area (Å²) in [6.07, 6.45) is 4.78. The smallest absolute Gasteiger partial charge is 0.0282 e. The minimum atomic E-state index is 1.13. The van der Waals surface area contributed by atoms with E-state index in [4.69, 9.17) is 0 Å². The average Bonchev–Trinajstić information content (AvgIpc) is 2.62. The monoisotopic (exact) mass is 416 g/mol. The molecule has 22 heavy (non-hydrogen) atoms. The largest absolute Gasteiger partial charge is 0.0622 e. The second-order valence-corrected chi connectivity index (χ2v) is 7.11. The van der Waals surface area contributed by atoms with Crippen molar-refractivity contribution >= 4 is 40.8 Å². The van der Waals surface area contributed by atoms with Crippen LogP contribution in [0.25, 0.3) is 8.96 Å².